The van der Waals surface area contributed by atoms with Gasteiger partial charge in [-0.2, -0.15) is 0 Å². The fourth-order valence-electron chi connectivity index (χ4n) is 2.29. The molecule has 0 spiro atoms. The fraction of sp³-hybridized carbons (Fsp3) is 0.357. The zero-order chi connectivity index (χ0) is 13.2. The van der Waals surface area contributed by atoms with Crippen LogP contribution in [0.4, 0.5) is 0 Å². The van der Waals surface area contributed by atoms with E-state index < -0.39 is 0 Å². The van der Waals surface area contributed by atoms with Gasteiger partial charge in [-0.25, -0.2) is 0 Å². The van der Waals surface area contributed by atoms with Crippen LogP contribution >= 0.6 is 0 Å². The van der Waals surface area contributed by atoms with E-state index in [1.807, 2.05) is 30.4 Å². The van der Waals surface area contributed by atoms with Crippen molar-refractivity contribution >= 4 is 5.91 Å². The number of carbonyl (C=O) groups is 1. The van der Waals surface area contributed by atoms with Crippen molar-refractivity contribution in [1.82, 2.24) is 5.32 Å². The first-order valence-electron chi connectivity index (χ1n) is 6.32. The fourth-order valence-corrected chi connectivity index (χ4v) is 2.29. The van der Waals surface area contributed by atoms with Crippen molar-refractivity contribution in [3.8, 4) is 11.5 Å². The molecule has 1 aromatic rings. The highest BCUT2D eigenvalue weighted by Crippen LogP contribution is 2.32. The van der Waals surface area contributed by atoms with Crippen LogP contribution in [0.3, 0.4) is 0 Å². The van der Waals surface area contributed by atoms with Crippen LogP contribution in [0.1, 0.15) is 12.0 Å². The summed E-state index contributed by atoms with van der Waals surface area (Å²) in [6.45, 7) is 0.741. The lowest BCUT2D eigenvalue weighted by molar-refractivity contribution is -0.123. The van der Waals surface area contributed by atoms with Crippen molar-refractivity contribution < 1.29 is 14.3 Å². The van der Waals surface area contributed by atoms with Gasteiger partial charge in [0.2, 0.25) is 12.7 Å². The summed E-state index contributed by atoms with van der Waals surface area (Å²) in [5.74, 6) is 1.39. The predicted octanol–water partition coefficient (Wildman–Crippen LogP) is 0.935. The maximum absolute atomic E-state index is 11.9. The number of fused-ring (bicyclic) bond motifs is 1. The van der Waals surface area contributed by atoms with Gasteiger partial charge in [-0.1, -0.05) is 18.2 Å². The first-order valence-corrected chi connectivity index (χ1v) is 6.32. The number of benzene rings is 1. The lowest BCUT2D eigenvalue weighted by atomic mass is 10.1. The normalized spacial score (nSPS) is 23.6. The van der Waals surface area contributed by atoms with Gasteiger partial charge in [0.25, 0.3) is 0 Å². The first-order chi connectivity index (χ1) is 9.22. The molecule has 2 aliphatic rings. The highest BCUT2D eigenvalue weighted by molar-refractivity contribution is 5.81. The summed E-state index contributed by atoms with van der Waals surface area (Å²) in [7, 11) is 0. The van der Waals surface area contributed by atoms with E-state index in [0.717, 1.165) is 17.1 Å². The van der Waals surface area contributed by atoms with Crippen molar-refractivity contribution in [2.75, 3.05) is 6.79 Å². The Morgan fingerprint density at radius 2 is 2.16 bits per heavy atom. The molecule has 3 N–H and O–H groups in total. The molecule has 1 heterocycles. The van der Waals surface area contributed by atoms with E-state index in [2.05, 4.69) is 5.32 Å². The third kappa shape index (κ3) is 2.56. The standard InChI is InChI=1S/C14H16N2O3/c15-11-3-2-10(6-11)14(17)16-7-9-1-4-12-13(5-9)19-8-18-12/h1-5,10-11H,6-8,15H2,(H,16,17). The number of hydrogen-bond donors (Lipinski definition) is 2. The third-order valence-corrected chi connectivity index (χ3v) is 3.36. The van der Waals surface area contributed by atoms with Crippen molar-refractivity contribution in [2.45, 2.75) is 19.0 Å². The summed E-state index contributed by atoms with van der Waals surface area (Å²) in [5, 5.41) is 2.91. The molecule has 0 bridgehead atoms. The number of carbonyl (C=O) groups excluding carboxylic acids is 1. The Balaban J connectivity index is 1.57. The Kier molecular flexibility index (Phi) is 3.13. The molecule has 0 saturated carbocycles. The summed E-state index contributed by atoms with van der Waals surface area (Å²) in [5.41, 5.74) is 6.72. The Bertz CT molecular complexity index is 527. The molecule has 1 aromatic carbocycles. The molecule has 1 aliphatic carbocycles. The molecule has 2 atom stereocenters. The third-order valence-electron chi connectivity index (χ3n) is 3.36. The maximum atomic E-state index is 11.9. The molecule has 0 aromatic heterocycles. The summed E-state index contributed by atoms with van der Waals surface area (Å²) in [6, 6.07) is 5.67. The van der Waals surface area contributed by atoms with E-state index >= 15 is 0 Å². The monoisotopic (exact) mass is 260 g/mol. The Morgan fingerprint density at radius 1 is 1.32 bits per heavy atom. The summed E-state index contributed by atoms with van der Waals surface area (Å²) < 4.78 is 10.5. The lowest BCUT2D eigenvalue weighted by Gasteiger charge is -2.10. The second kappa shape index (κ2) is 4.93. The van der Waals surface area contributed by atoms with Gasteiger partial charge in [0.15, 0.2) is 11.5 Å². The minimum absolute atomic E-state index is 0.00120. The molecule has 19 heavy (non-hydrogen) atoms. The van der Waals surface area contributed by atoms with Crippen LogP contribution < -0.4 is 20.5 Å². The Labute approximate surface area is 111 Å². The minimum Gasteiger partial charge on any atom is -0.454 e. The van der Waals surface area contributed by atoms with Crippen LogP contribution in [0.15, 0.2) is 30.4 Å². The van der Waals surface area contributed by atoms with Crippen LogP contribution in [0, 0.1) is 5.92 Å². The molecular formula is C14H16N2O3. The number of ether oxygens (including phenoxy) is 2. The Hall–Kier alpha value is -2.01. The SMILES string of the molecule is NC1C=CC(C(=O)NCc2ccc3c(c2)OCO3)C1. The summed E-state index contributed by atoms with van der Waals surface area (Å²) in [6.07, 6.45) is 4.44. The topological polar surface area (TPSA) is 73.6 Å². The van der Waals surface area contributed by atoms with Gasteiger partial charge >= 0.3 is 0 Å². The van der Waals surface area contributed by atoms with Gasteiger partial charge in [0.1, 0.15) is 0 Å². The van der Waals surface area contributed by atoms with Crippen molar-refractivity contribution in [1.29, 1.82) is 0 Å². The van der Waals surface area contributed by atoms with Crippen molar-refractivity contribution in [3.05, 3.63) is 35.9 Å². The van der Waals surface area contributed by atoms with E-state index in [-0.39, 0.29) is 24.7 Å². The van der Waals surface area contributed by atoms with Gasteiger partial charge in [-0.15, -0.1) is 0 Å². The van der Waals surface area contributed by atoms with Crippen LogP contribution in [-0.4, -0.2) is 18.7 Å². The molecule has 1 aliphatic heterocycles. The minimum atomic E-state index is -0.107. The maximum Gasteiger partial charge on any atom is 0.231 e. The average molecular weight is 260 g/mol. The van der Waals surface area contributed by atoms with Crippen molar-refractivity contribution in [2.24, 2.45) is 11.7 Å². The zero-order valence-electron chi connectivity index (χ0n) is 10.5. The second-order valence-electron chi connectivity index (χ2n) is 4.80. The first kappa shape index (κ1) is 12.0. The molecule has 0 fully saturated rings. The second-order valence-corrected chi connectivity index (χ2v) is 4.80. The molecule has 2 unspecified atom stereocenters. The van der Waals surface area contributed by atoms with Crippen LogP contribution in [0.25, 0.3) is 0 Å². The number of rotatable bonds is 3. The summed E-state index contributed by atoms with van der Waals surface area (Å²) >= 11 is 0. The van der Waals surface area contributed by atoms with Crippen LogP contribution in [0.5, 0.6) is 11.5 Å². The highest BCUT2D eigenvalue weighted by Gasteiger charge is 2.22. The van der Waals surface area contributed by atoms with Crippen LogP contribution in [0.2, 0.25) is 0 Å². The van der Waals surface area contributed by atoms with Gasteiger partial charge < -0.3 is 20.5 Å². The molecule has 5 nitrogen and oxygen atoms in total. The van der Waals surface area contributed by atoms with E-state index in [4.69, 9.17) is 15.2 Å². The van der Waals surface area contributed by atoms with Gasteiger partial charge in [0, 0.05) is 12.6 Å². The van der Waals surface area contributed by atoms with Crippen LogP contribution in [-0.2, 0) is 11.3 Å². The smallest absolute Gasteiger partial charge is 0.231 e. The molecule has 100 valence electrons. The van der Waals surface area contributed by atoms with E-state index in [0.29, 0.717) is 13.0 Å². The largest absolute Gasteiger partial charge is 0.454 e. The molecular weight excluding hydrogens is 244 g/mol. The quantitative estimate of drug-likeness (QED) is 0.793. The van der Waals surface area contributed by atoms with Gasteiger partial charge in [-0.05, 0) is 24.1 Å². The zero-order valence-corrected chi connectivity index (χ0v) is 10.5. The highest BCUT2D eigenvalue weighted by atomic mass is 16.7. The molecule has 5 heteroatoms. The van der Waals surface area contributed by atoms with E-state index in [1.165, 1.54) is 0 Å². The Morgan fingerprint density at radius 3 is 2.95 bits per heavy atom. The van der Waals surface area contributed by atoms with E-state index in [9.17, 15) is 4.79 Å². The molecule has 1 amide bonds. The molecule has 0 radical (unpaired) electrons. The lowest BCUT2D eigenvalue weighted by Crippen LogP contribution is -2.30. The number of amides is 1. The summed E-state index contributed by atoms with van der Waals surface area (Å²) in [4.78, 5) is 11.9. The van der Waals surface area contributed by atoms with Crippen molar-refractivity contribution in [3.63, 3.8) is 0 Å². The average Bonchev–Trinajstić information content (AvgIpc) is 3.03. The predicted molar refractivity (Wildman–Crippen MR) is 69.6 cm³/mol. The molecule has 0 saturated heterocycles. The number of hydrogen-bond acceptors (Lipinski definition) is 4. The van der Waals surface area contributed by atoms with E-state index in [1.54, 1.807) is 0 Å². The van der Waals surface area contributed by atoms with Gasteiger partial charge in [0.05, 0.1) is 5.92 Å². The van der Waals surface area contributed by atoms with Gasteiger partial charge in [-0.3, -0.25) is 4.79 Å². The molecule has 3 rings (SSSR count). The number of nitrogens with one attached hydrogen (secondary N) is 1. The number of nitrogens with two attached hydrogens (primary N) is 1.